The Morgan fingerprint density at radius 3 is 2.47 bits per heavy atom. The van der Waals surface area contributed by atoms with Gasteiger partial charge in [-0.05, 0) is 39.7 Å². The van der Waals surface area contributed by atoms with Gasteiger partial charge < -0.3 is 10.6 Å². The van der Waals surface area contributed by atoms with Gasteiger partial charge in [0.25, 0.3) is 0 Å². The van der Waals surface area contributed by atoms with E-state index in [4.69, 9.17) is 11.1 Å². The third-order valence-corrected chi connectivity index (χ3v) is 3.63. The first-order valence-electron chi connectivity index (χ1n) is 6.92. The minimum Gasteiger partial charge on any atom is -0.355 e. The predicted molar refractivity (Wildman–Crippen MR) is 73.2 cm³/mol. The summed E-state index contributed by atoms with van der Waals surface area (Å²) in [6.07, 6.45) is 6.03. The molecule has 0 radical (unpaired) electrons. The third-order valence-electron chi connectivity index (χ3n) is 3.63. The molecular formula is C13H28N4. The quantitative estimate of drug-likeness (QED) is 0.377. The highest BCUT2D eigenvalue weighted by atomic mass is 15.3. The molecule has 100 valence electrons. The van der Waals surface area contributed by atoms with Crippen molar-refractivity contribution in [2.24, 2.45) is 5.73 Å². The second kappa shape index (κ2) is 6.36. The zero-order valence-corrected chi connectivity index (χ0v) is 11.6. The number of hydrogen-bond acceptors (Lipinski definition) is 3. The number of nitrogens with zero attached hydrogens (tertiary/aromatic N) is 1. The van der Waals surface area contributed by atoms with Crippen LogP contribution in [0, 0.1) is 5.41 Å². The van der Waals surface area contributed by atoms with Crippen LogP contribution in [0.2, 0.25) is 0 Å². The third kappa shape index (κ3) is 3.68. The van der Waals surface area contributed by atoms with Crippen LogP contribution in [0.5, 0.6) is 0 Å². The maximum absolute atomic E-state index is 8.33. The van der Waals surface area contributed by atoms with Crippen LogP contribution in [0.3, 0.4) is 0 Å². The molecule has 1 atom stereocenters. The number of amidine groups is 1. The second-order valence-electron chi connectivity index (χ2n) is 5.20. The van der Waals surface area contributed by atoms with Gasteiger partial charge in [-0.15, -0.1) is 0 Å². The highest BCUT2D eigenvalue weighted by molar-refractivity contribution is 5.88. The normalized spacial score (nSPS) is 20.2. The van der Waals surface area contributed by atoms with Crippen LogP contribution in [0.1, 0.15) is 52.9 Å². The summed E-state index contributed by atoms with van der Waals surface area (Å²) < 4.78 is 0. The summed E-state index contributed by atoms with van der Waals surface area (Å²) in [5.41, 5.74) is 5.51. The van der Waals surface area contributed by atoms with Crippen molar-refractivity contribution in [3.8, 4) is 0 Å². The Morgan fingerprint density at radius 1 is 1.41 bits per heavy atom. The highest BCUT2D eigenvalue weighted by Gasteiger charge is 2.32. The molecule has 17 heavy (non-hydrogen) atoms. The summed E-state index contributed by atoms with van der Waals surface area (Å²) in [5.74, 6) is 0.542. The molecule has 4 nitrogen and oxygen atoms in total. The maximum atomic E-state index is 8.33. The van der Waals surface area contributed by atoms with E-state index in [0.29, 0.717) is 11.9 Å². The van der Waals surface area contributed by atoms with E-state index in [0.717, 1.165) is 19.5 Å². The first-order chi connectivity index (χ1) is 8.03. The van der Waals surface area contributed by atoms with Gasteiger partial charge in [0.2, 0.25) is 0 Å². The number of nitrogens with two attached hydrogens (primary N) is 1. The molecule has 0 aromatic carbocycles. The Kier molecular flexibility index (Phi) is 5.40. The Labute approximate surface area is 105 Å². The van der Waals surface area contributed by atoms with Crippen molar-refractivity contribution in [2.45, 2.75) is 64.6 Å². The van der Waals surface area contributed by atoms with Crippen molar-refractivity contribution < 1.29 is 0 Å². The molecule has 0 saturated heterocycles. The molecule has 0 aromatic heterocycles. The Hall–Kier alpha value is -0.610. The van der Waals surface area contributed by atoms with Gasteiger partial charge in [-0.3, -0.25) is 10.7 Å². The summed E-state index contributed by atoms with van der Waals surface area (Å²) in [4.78, 5) is 2.18. The SMILES string of the molecule is CCCNC(C)(N)C(=N)N(CC)C1CCCC1. The number of hydrogen-bond donors (Lipinski definition) is 3. The lowest BCUT2D eigenvalue weighted by Gasteiger charge is -2.38. The molecule has 1 rings (SSSR count). The fourth-order valence-corrected chi connectivity index (χ4v) is 2.58. The van der Waals surface area contributed by atoms with Crippen molar-refractivity contribution in [2.75, 3.05) is 13.1 Å². The summed E-state index contributed by atoms with van der Waals surface area (Å²) in [6, 6.07) is 0.527. The van der Waals surface area contributed by atoms with Gasteiger partial charge >= 0.3 is 0 Å². The molecule has 1 fully saturated rings. The van der Waals surface area contributed by atoms with Crippen LogP contribution >= 0.6 is 0 Å². The summed E-state index contributed by atoms with van der Waals surface area (Å²) in [6.45, 7) is 7.87. The number of nitrogens with one attached hydrogen (secondary N) is 2. The van der Waals surface area contributed by atoms with Crippen molar-refractivity contribution in [3.05, 3.63) is 0 Å². The van der Waals surface area contributed by atoms with Crippen molar-refractivity contribution in [3.63, 3.8) is 0 Å². The number of rotatable bonds is 6. The van der Waals surface area contributed by atoms with Gasteiger partial charge in [-0.2, -0.15) is 0 Å². The van der Waals surface area contributed by atoms with Gasteiger partial charge in [-0.25, -0.2) is 0 Å². The van der Waals surface area contributed by atoms with E-state index in [9.17, 15) is 0 Å². The van der Waals surface area contributed by atoms with Crippen LogP contribution in [0.15, 0.2) is 0 Å². The van der Waals surface area contributed by atoms with Gasteiger partial charge in [0.05, 0.1) is 0 Å². The Balaban J connectivity index is 2.63. The van der Waals surface area contributed by atoms with Crippen molar-refractivity contribution in [1.82, 2.24) is 10.2 Å². The van der Waals surface area contributed by atoms with Crippen LogP contribution < -0.4 is 11.1 Å². The standard InChI is InChI=1S/C13H28N4/c1-4-10-16-13(3,15)12(14)17(5-2)11-8-6-7-9-11/h11,14,16H,4-10,15H2,1-3H3. The van der Waals surface area contributed by atoms with E-state index in [2.05, 4.69) is 24.1 Å². The summed E-state index contributed by atoms with van der Waals surface area (Å²) in [5, 5.41) is 11.6. The smallest absolute Gasteiger partial charge is 0.131 e. The molecule has 4 N–H and O–H groups in total. The van der Waals surface area contributed by atoms with E-state index in [-0.39, 0.29) is 0 Å². The van der Waals surface area contributed by atoms with Crippen LogP contribution in [-0.4, -0.2) is 35.5 Å². The van der Waals surface area contributed by atoms with E-state index < -0.39 is 5.66 Å². The minimum absolute atomic E-state index is 0.527. The topological polar surface area (TPSA) is 65.1 Å². The Morgan fingerprint density at radius 2 is 2.00 bits per heavy atom. The van der Waals surface area contributed by atoms with E-state index >= 15 is 0 Å². The summed E-state index contributed by atoms with van der Waals surface area (Å²) in [7, 11) is 0. The molecular weight excluding hydrogens is 212 g/mol. The fourth-order valence-electron chi connectivity index (χ4n) is 2.58. The van der Waals surface area contributed by atoms with E-state index in [1.807, 2.05) is 6.92 Å². The second-order valence-corrected chi connectivity index (χ2v) is 5.20. The molecule has 1 unspecified atom stereocenters. The lowest BCUT2D eigenvalue weighted by molar-refractivity contribution is 0.292. The predicted octanol–water partition coefficient (Wildman–Crippen LogP) is 1.90. The first-order valence-corrected chi connectivity index (χ1v) is 6.92. The molecule has 0 bridgehead atoms. The zero-order chi connectivity index (χ0) is 12.9. The molecule has 1 saturated carbocycles. The average Bonchev–Trinajstić information content (AvgIpc) is 2.81. The van der Waals surface area contributed by atoms with E-state index in [1.54, 1.807) is 0 Å². The molecule has 0 aromatic rings. The van der Waals surface area contributed by atoms with Crippen LogP contribution in [0.4, 0.5) is 0 Å². The van der Waals surface area contributed by atoms with Gasteiger partial charge in [0.1, 0.15) is 11.5 Å². The van der Waals surface area contributed by atoms with Crippen molar-refractivity contribution >= 4 is 5.84 Å². The maximum Gasteiger partial charge on any atom is 0.131 e. The molecule has 0 aliphatic heterocycles. The highest BCUT2D eigenvalue weighted by Crippen LogP contribution is 2.24. The largest absolute Gasteiger partial charge is 0.355 e. The van der Waals surface area contributed by atoms with Crippen LogP contribution in [-0.2, 0) is 0 Å². The lowest BCUT2D eigenvalue weighted by atomic mass is 10.1. The van der Waals surface area contributed by atoms with Gasteiger partial charge in [0, 0.05) is 12.6 Å². The minimum atomic E-state index is -0.700. The summed E-state index contributed by atoms with van der Waals surface area (Å²) >= 11 is 0. The van der Waals surface area contributed by atoms with E-state index in [1.165, 1.54) is 25.7 Å². The zero-order valence-electron chi connectivity index (χ0n) is 11.6. The van der Waals surface area contributed by atoms with Crippen molar-refractivity contribution in [1.29, 1.82) is 5.41 Å². The fraction of sp³-hybridized carbons (Fsp3) is 0.923. The van der Waals surface area contributed by atoms with Crippen LogP contribution in [0.25, 0.3) is 0 Å². The van der Waals surface area contributed by atoms with Gasteiger partial charge in [0.15, 0.2) is 0 Å². The molecule has 4 heteroatoms. The Bertz CT molecular complexity index is 244. The number of likely N-dealkylation sites (N-methyl/N-ethyl adjacent to an activating group) is 1. The average molecular weight is 240 g/mol. The molecule has 0 heterocycles. The first kappa shape index (κ1) is 14.5. The lowest BCUT2D eigenvalue weighted by Crippen LogP contribution is -2.63. The molecule has 0 amide bonds. The molecule has 0 spiro atoms. The molecule has 1 aliphatic rings. The monoisotopic (exact) mass is 240 g/mol. The van der Waals surface area contributed by atoms with Gasteiger partial charge in [-0.1, -0.05) is 19.8 Å². The molecule has 1 aliphatic carbocycles.